The normalized spacial score (nSPS) is 10.9. The zero-order valence-corrected chi connectivity index (χ0v) is 13.0. The van der Waals surface area contributed by atoms with Crippen LogP contribution in [-0.2, 0) is 6.54 Å². The molecule has 0 saturated heterocycles. The van der Waals surface area contributed by atoms with Gasteiger partial charge in [-0.2, -0.15) is 0 Å². The van der Waals surface area contributed by atoms with Crippen molar-refractivity contribution in [1.29, 1.82) is 0 Å². The highest BCUT2D eigenvalue weighted by atomic mass is 35.5. The molecule has 0 aliphatic heterocycles. The second-order valence-electron chi connectivity index (χ2n) is 4.36. The quantitative estimate of drug-likeness (QED) is 0.743. The summed E-state index contributed by atoms with van der Waals surface area (Å²) in [6.45, 7) is 2.59. The van der Waals surface area contributed by atoms with Gasteiger partial charge in [-0.15, -0.1) is 11.3 Å². The first-order valence-electron chi connectivity index (χ1n) is 6.03. The molecule has 2 aromatic heterocycles. The first-order valence-corrected chi connectivity index (χ1v) is 7.60. The number of hydrogen-bond donors (Lipinski definition) is 1. The van der Waals surface area contributed by atoms with Crippen molar-refractivity contribution in [1.82, 2.24) is 9.97 Å². The fraction of sp³-hybridized carbons (Fsp3) is 0.143. The summed E-state index contributed by atoms with van der Waals surface area (Å²) in [5.74, 6) is 0. The van der Waals surface area contributed by atoms with E-state index in [1.807, 2.05) is 25.1 Å². The first-order chi connectivity index (χ1) is 9.65. The number of aromatic nitrogens is 2. The minimum absolute atomic E-state index is 0.587. The van der Waals surface area contributed by atoms with Gasteiger partial charge in [-0.25, -0.2) is 4.98 Å². The third-order valence-corrected chi connectivity index (χ3v) is 4.39. The van der Waals surface area contributed by atoms with Gasteiger partial charge < -0.3 is 5.32 Å². The number of nitrogens with one attached hydrogen (secondary N) is 1. The summed E-state index contributed by atoms with van der Waals surface area (Å²) in [6.07, 6.45) is 3.44. The second kappa shape index (κ2) is 5.56. The van der Waals surface area contributed by atoms with Gasteiger partial charge in [0.1, 0.15) is 9.34 Å². The summed E-state index contributed by atoms with van der Waals surface area (Å²) < 4.78 is 0.684. The molecule has 0 radical (unpaired) electrons. The van der Waals surface area contributed by atoms with Gasteiger partial charge in [-0.1, -0.05) is 23.2 Å². The highest BCUT2D eigenvalue weighted by Gasteiger charge is 2.10. The van der Waals surface area contributed by atoms with Crippen LogP contribution in [-0.4, -0.2) is 9.97 Å². The number of halogens is 2. The molecule has 0 bridgehead atoms. The molecule has 0 aliphatic rings. The number of fused-ring (bicyclic) bond motifs is 1. The van der Waals surface area contributed by atoms with E-state index in [-0.39, 0.29) is 0 Å². The average molecular weight is 324 g/mol. The molecule has 2 heterocycles. The first kappa shape index (κ1) is 13.6. The number of thiazole rings is 1. The number of aryl methyl sites for hydroxylation is 1. The predicted molar refractivity (Wildman–Crippen MR) is 85.9 cm³/mol. The summed E-state index contributed by atoms with van der Waals surface area (Å²) in [5.41, 5.74) is 2.90. The van der Waals surface area contributed by atoms with Crippen LogP contribution < -0.4 is 5.32 Å². The van der Waals surface area contributed by atoms with Crippen LogP contribution in [0.2, 0.25) is 9.36 Å². The summed E-state index contributed by atoms with van der Waals surface area (Å²) in [6, 6.07) is 5.84. The van der Waals surface area contributed by atoms with Gasteiger partial charge >= 0.3 is 0 Å². The van der Waals surface area contributed by atoms with Gasteiger partial charge in [0.2, 0.25) is 0 Å². The fourth-order valence-corrected chi connectivity index (χ4v) is 3.32. The lowest BCUT2D eigenvalue weighted by Crippen LogP contribution is -2.01. The van der Waals surface area contributed by atoms with E-state index < -0.39 is 0 Å². The second-order valence-corrected chi connectivity index (χ2v) is 6.52. The fourth-order valence-electron chi connectivity index (χ4n) is 2.09. The van der Waals surface area contributed by atoms with Crippen molar-refractivity contribution in [2.75, 3.05) is 5.32 Å². The Labute approximate surface area is 130 Å². The molecule has 0 unspecified atom stereocenters. The molecule has 1 aromatic carbocycles. The van der Waals surface area contributed by atoms with Crippen molar-refractivity contribution >= 4 is 51.1 Å². The Bertz CT molecular complexity index is 770. The average Bonchev–Trinajstić information content (AvgIpc) is 2.84. The molecule has 20 heavy (non-hydrogen) atoms. The van der Waals surface area contributed by atoms with Gasteiger partial charge in [-0.3, -0.25) is 4.98 Å². The molecular formula is C14H11Cl2N3S. The van der Waals surface area contributed by atoms with E-state index in [0.717, 1.165) is 27.2 Å². The van der Waals surface area contributed by atoms with E-state index in [4.69, 9.17) is 23.2 Å². The molecule has 3 nitrogen and oxygen atoms in total. The SMILES string of the molecule is Cc1cc(Cl)c(NCc2ncc(Cl)s2)c2cccnc12. The van der Waals surface area contributed by atoms with Crippen LogP contribution in [0.15, 0.2) is 30.6 Å². The Kier molecular flexibility index (Phi) is 3.78. The molecule has 0 spiro atoms. The zero-order chi connectivity index (χ0) is 14.1. The molecule has 0 aliphatic carbocycles. The highest BCUT2D eigenvalue weighted by Crippen LogP contribution is 2.33. The molecule has 3 rings (SSSR count). The summed E-state index contributed by atoms with van der Waals surface area (Å²) in [7, 11) is 0. The van der Waals surface area contributed by atoms with Crippen molar-refractivity contribution in [3.63, 3.8) is 0 Å². The Balaban J connectivity index is 1.98. The number of rotatable bonds is 3. The van der Waals surface area contributed by atoms with E-state index in [9.17, 15) is 0 Å². The van der Waals surface area contributed by atoms with Crippen molar-refractivity contribution in [3.8, 4) is 0 Å². The number of pyridine rings is 1. The lowest BCUT2D eigenvalue weighted by atomic mass is 10.1. The smallest absolute Gasteiger partial charge is 0.113 e. The number of benzene rings is 1. The Morgan fingerprint density at radius 1 is 1.30 bits per heavy atom. The van der Waals surface area contributed by atoms with Crippen LogP contribution in [0.3, 0.4) is 0 Å². The third kappa shape index (κ3) is 2.59. The molecule has 6 heteroatoms. The third-order valence-electron chi connectivity index (χ3n) is 2.97. The van der Waals surface area contributed by atoms with E-state index in [1.54, 1.807) is 12.4 Å². The number of nitrogens with zero attached hydrogens (tertiary/aromatic N) is 2. The number of hydrogen-bond acceptors (Lipinski definition) is 4. The maximum absolute atomic E-state index is 6.35. The van der Waals surface area contributed by atoms with E-state index >= 15 is 0 Å². The topological polar surface area (TPSA) is 37.8 Å². The monoisotopic (exact) mass is 323 g/mol. The van der Waals surface area contributed by atoms with Crippen LogP contribution in [0.25, 0.3) is 10.9 Å². The molecule has 0 amide bonds. The van der Waals surface area contributed by atoms with Crippen molar-refractivity contribution < 1.29 is 0 Å². The molecule has 1 N–H and O–H groups in total. The predicted octanol–water partition coefficient (Wildman–Crippen LogP) is 4.92. The lowest BCUT2D eigenvalue weighted by molar-refractivity contribution is 1.11. The molecule has 0 atom stereocenters. The van der Waals surface area contributed by atoms with Crippen molar-refractivity contribution in [3.05, 3.63) is 50.5 Å². The maximum atomic E-state index is 6.35. The Hall–Kier alpha value is -1.36. The molecule has 0 saturated carbocycles. The zero-order valence-electron chi connectivity index (χ0n) is 10.7. The molecule has 0 fully saturated rings. The van der Waals surface area contributed by atoms with Crippen molar-refractivity contribution in [2.24, 2.45) is 0 Å². The minimum atomic E-state index is 0.587. The largest absolute Gasteiger partial charge is 0.377 e. The van der Waals surface area contributed by atoms with Crippen molar-refractivity contribution in [2.45, 2.75) is 13.5 Å². The maximum Gasteiger partial charge on any atom is 0.113 e. The van der Waals surface area contributed by atoms with Crippen LogP contribution in [0.4, 0.5) is 5.69 Å². The summed E-state index contributed by atoms with van der Waals surface area (Å²) in [4.78, 5) is 8.63. The highest BCUT2D eigenvalue weighted by molar-refractivity contribution is 7.15. The lowest BCUT2D eigenvalue weighted by Gasteiger charge is -2.12. The Morgan fingerprint density at radius 2 is 2.15 bits per heavy atom. The van der Waals surface area contributed by atoms with Crippen LogP contribution in [0.5, 0.6) is 0 Å². The van der Waals surface area contributed by atoms with E-state index in [0.29, 0.717) is 15.9 Å². The van der Waals surface area contributed by atoms with Gasteiger partial charge in [0.25, 0.3) is 0 Å². The van der Waals surface area contributed by atoms with Crippen LogP contribution >= 0.6 is 34.5 Å². The standard InChI is InChI=1S/C14H11Cl2N3S/c1-8-5-10(15)14(9-3-2-4-17-13(8)9)19-7-12-18-6-11(16)20-12/h2-6,19H,7H2,1H3. The molecule has 102 valence electrons. The van der Waals surface area contributed by atoms with Crippen LogP contribution in [0.1, 0.15) is 10.6 Å². The van der Waals surface area contributed by atoms with Gasteiger partial charge in [0, 0.05) is 11.6 Å². The van der Waals surface area contributed by atoms with Gasteiger partial charge in [0.15, 0.2) is 0 Å². The summed E-state index contributed by atoms with van der Waals surface area (Å²) in [5, 5.41) is 5.95. The minimum Gasteiger partial charge on any atom is -0.377 e. The molecule has 3 aromatic rings. The number of anilines is 1. The molecular weight excluding hydrogens is 313 g/mol. The van der Waals surface area contributed by atoms with Gasteiger partial charge in [0.05, 0.1) is 29.0 Å². The van der Waals surface area contributed by atoms with Crippen LogP contribution in [0, 0.1) is 6.92 Å². The van der Waals surface area contributed by atoms with Gasteiger partial charge in [-0.05, 0) is 30.7 Å². The van der Waals surface area contributed by atoms with E-state index in [1.165, 1.54) is 11.3 Å². The Morgan fingerprint density at radius 3 is 2.90 bits per heavy atom. The van der Waals surface area contributed by atoms with E-state index in [2.05, 4.69) is 15.3 Å². The summed E-state index contributed by atoms with van der Waals surface area (Å²) >= 11 is 13.7.